The van der Waals surface area contributed by atoms with Crippen LogP contribution in [-0.4, -0.2) is 19.1 Å². The Kier molecular flexibility index (Phi) is 4.94. The van der Waals surface area contributed by atoms with Crippen LogP contribution in [0.3, 0.4) is 0 Å². The molecule has 0 aromatic carbocycles. The number of esters is 1. The van der Waals surface area contributed by atoms with Crippen molar-refractivity contribution in [2.24, 2.45) is 5.92 Å². The molecule has 10 heavy (non-hydrogen) atoms. The molecule has 0 aliphatic heterocycles. The second-order valence-corrected chi connectivity index (χ2v) is 2.58. The molecule has 0 aromatic heterocycles. The molecule has 3 heteroatoms. The summed E-state index contributed by atoms with van der Waals surface area (Å²) in [6.45, 7) is 4.32. The predicted octanol–water partition coefficient (Wildman–Crippen LogP) is 0.859. The molecule has 0 atom stereocenters. The van der Waals surface area contributed by atoms with Gasteiger partial charge in [0.2, 0.25) is 0 Å². The number of rotatable bonds is 4. The third-order valence-electron chi connectivity index (χ3n) is 1.10. The summed E-state index contributed by atoms with van der Waals surface area (Å²) in [7, 11) is 0. The third kappa shape index (κ3) is 5.56. The minimum Gasteiger partial charge on any atom is -0.465 e. The highest BCUT2D eigenvalue weighted by molar-refractivity contribution is 5.71. The summed E-state index contributed by atoms with van der Waals surface area (Å²) in [5, 5.41) is 0. The Morgan fingerprint density at radius 2 is 2.20 bits per heavy atom. The zero-order chi connectivity index (χ0) is 7.98. The van der Waals surface area contributed by atoms with Gasteiger partial charge in [0.25, 0.3) is 0 Å². The monoisotopic (exact) mass is 144 g/mol. The van der Waals surface area contributed by atoms with Crippen LogP contribution in [-0.2, 0) is 9.53 Å². The summed E-state index contributed by atoms with van der Waals surface area (Å²) in [4.78, 5) is 10.4. The van der Waals surface area contributed by atoms with E-state index in [0.29, 0.717) is 12.5 Å². The van der Waals surface area contributed by atoms with Gasteiger partial charge in [-0.1, -0.05) is 13.8 Å². The van der Waals surface area contributed by atoms with Crippen molar-refractivity contribution in [3.63, 3.8) is 0 Å². The van der Waals surface area contributed by atoms with Gasteiger partial charge in [-0.15, -0.1) is 0 Å². The van der Waals surface area contributed by atoms with Crippen molar-refractivity contribution < 1.29 is 9.53 Å². The molecule has 0 rings (SSSR count). The largest absolute Gasteiger partial charge is 0.465 e. The fourth-order valence-electron chi connectivity index (χ4n) is 0.459. The van der Waals surface area contributed by atoms with Gasteiger partial charge in [0.15, 0.2) is 0 Å². The number of carbonyl (C=O) groups is 1. The molecule has 0 bridgehead atoms. The van der Waals surface area contributed by atoms with Crippen molar-refractivity contribution in [1.82, 2.24) is 5.73 Å². The minimum atomic E-state index is -0.430. The van der Waals surface area contributed by atoms with Crippen LogP contribution >= 0.6 is 0 Å². The lowest BCUT2D eigenvalue weighted by molar-refractivity contribution is -0.142. The van der Waals surface area contributed by atoms with Gasteiger partial charge in [-0.2, -0.15) is 0 Å². The SMILES string of the molecule is CC(C)CCOC(=O)C[NH]. The topological polar surface area (TPSA) is 50.1 Å². The zero-order valence-corrected chi connectivity index (χ0v) is 6.52. The van der Waals surface area contributed by atoms with Crippen LogP contribution in [0.4, 0.5) is 0 Å². The average molecular weight is 144 g/mol. The highest BCUT2D eigenvalue weighted by atomic mass is 16.5. The average Bonchev–Trinajstić information content (AvgIpc) is 1.87. The van der Waals surface area contributed by atoms with Gasteiger partial charge >= 0.3 is 5.97 Å². The number of hydrogen-bond acceptors (Lipinski definition) is 2. The quantitative estimate of drug-likeness (QED) is 0.549. The van der Waals surface area contributed by atoms with E-state index in [2.05, 4.69) is 18.6 Å². The van der Waals surface area contributed by atoms with Crippen LogP contribution in [0, 0.1) is 5.92 Å². The first kappa shape index (κ1) is 9.43. The van der Waals surface area contributed by atoms with Crippen LogP contribution in [0.2, 0.25) is 0 Å². The van der Waals surface area contributed by atoms with Crippen molar-refractivity contribution >= 4 is 5.97 Å². The zero-order valence-electron chi connectivity index (χ0n) is 6.52. The van der Waals surface area contributed by atoms with Crippen LogP contribution in [0.25, 0.3) is 0 Å². The van der Waals surface area contributed by atoms with E-state index in [9.17, 15) is 4.79 Å². The van der Waals surface area contributed by atoms with Gasteiger partial charge in [0.1, 0.15) is 6.54 Å². The van der Waals surface area contributed by atoms with E-state index in [1.165, 1.54) is 0 Å². The second kappa shape index (κ2) is 5.23. The molecule has 3 nitrogen and oxygen atoms in total. The van der Waals surface area contributed by atoms with Crippen molar-refractivity contribution in [2.75, 3.05) is 13.2 Å². The third-order valence-corrected chi connectivity index (χ3v) is 1.10. The van der Waals surface area contributed by atoms with Crippen molar-refractivity contribution in [1.29, 1.82) is 0 Å². The molecule has 0 unspecified atom stereocenters. The fourth-order valence-corrected chi connectivity index (χ4v) is 0.459. The van der Waals surface area contributed by atoms with Crippen LogP contribution in [0.5, 0.6) is 0 Å². The predicted molar refractivity (Wildman–Crippen MR) is 38.4 cm³/mol. The lowest BCUT2D eigenvalue weighted by Crippen LogP contribution is -2.11. The van der Waals surface area contributed by atoms with E-state index in [0.717, 1.165) is 6.42 Å². The van der Waals surface area contributed by atoms with E-state index in [1.807, 2.05) is 0 Å². The summed E-state index contributed by atoms with van der Waals surface area (Å²) in [5.74, 6) is 0.124. The Morgan fingerprint density at radius 1 is 1.60 bits per heavy atom. The molecule has 0 amide bonds. The van der Waals surface area contributed by atoms with Crippen molar-refractivity contribution in [3.05, 3.63) is 0 Å². The van der Waals surface area contributed by atoms with Crippen LogP contribution in [0.15, 0.2) is 0 Å². The molecule has 1 radical (unpaired) electrons. The van der Waals surface area contributed by atoms with Gasteiger partial charge in [-0.25, -0.2) is 5.73 Å². The molecule has 1 N–H and O–H groups in total. The van der Waals surface area contributed by atoms with Crippen LogP contribution < -0.4 is 5.73 Å². The molecule has 0 aliphatic rings. The van der Waals surface area contributed by atoms with E-state index in [4.69, 9.17) is 5.73 Å². The normalized spacial score (nSPS) is 10.0. The molecule has 0 fully saturated rings. The number of nitrogens with one attached hydrogen (secondary N) is 1. The standard InChI is InChI=1S/C7H14NO2/c1-6(2)3-4-10-7(9)5-8/h6,8H,3-5H2,1-2H3. The number of ether oxygens (including phenoxy) is 1. The van der Waals surface area contributed by atoms with Crippen molar-refractivity contribution in [2.45, 2.75) is 20.3 Å². The summed E-state index contributed by atoms with van der Waals surface area (Å²) >= 11 is 0. The first-order chi connectivity index (χ1) is 4.66. The Morgan fingerprint density at radius 3 is 2.60 bits per heavy atom. The molecular weight excluding hydrogens is 130 g/mol. The van der Waals surface area contributed by atoms with Gasteiger partial charge in [-0.3, -0.25) is 4.79 Å². The van der Waals surface area contributed by atoms with Gasteiger partial charge in [-0.05, 0) is 12.3 Å². The molecule has 0 spiro atoms. The Hall–Kier alpha value is -0.570. The Balaban J connectivity index is 3.12. The highest BCUT2D eigenvalue weighted by Gasteiger charge is 1.99. The van der Waals surface area contributed by atoms with E-state index in [-0.39, 0.29) is 6.54 Å². The molecule has 0 heterocycles. The minimum absolute atomic E-state index is 0.266. The lowest BCUT2D eigenvalue weighted by Gasteiger charge is -2.04. The number of hydrogen-bond donors (Lipinski definition) is 0. The first-order valence-corrected chi connectivity index (χ1v) is 3.47. The highest BCUT2D eigenvalue weighted by Crippen LogP contribution is 1.98. The first-order valence-electron chi connectivity index (χ1n) is 3.47. The molecule has 59 valence electrons. The molecule has 0 saturated heterocycles. The summed E-state index contributed by atoms with van der Waals surface area (Å²) in [6, 6.07) is 0. The Bertz CT molecular complexity index is 102. The van der Waals surface area contributed by atoms with E-state index < -0.39 is 5.97 Å². The smallest absolute Gasteiger partial charge is 0.321 e. The van der Waals surface area contributed by atoms with E-state index in [1.54, 1.807) is 0 Å². The molecule has 0 saturated carbocycles. The number of carbonyl (C=O) groups excluding carboxylic acids is 1. The maximum absolute atomic E-state index is 10.4. The van der Waals surface area contributed by atoms with Gasteiger partial charge in [0.05, 0.1) is 6.61 Å². The van der Waals surface area contributed by atoms with E-state index >= 15 is 0 Å². The summed E-state index contributed by atoms with van der Waals surface area (Å²) in [5.41, 5.74) is 6.62. The molecule has 0 aromatic rings. The molecule has 0 aliphatic carbocycles. The Labute approximate surface area is 61.5 Å². The maximum atomic E-state index is 10.4. The van der Waals surface area contributed by atoms with Crippen molar-refractivity contribution in [3.8, 4) is 0 Å². The van der Waals surface area contributed by atoms with Gasteiger partial charge in [0, 0.05) is 0 Å². The second-order valence-electron chi connectivity index (χ2n) is 2.58. The van der Waals surface area contributed by atoms with Gasteiger partial charge < -0.3 is 4.74 Å². The maximum Gasteiger partial charge on any atom is 0.321 e. The fraction of sp³-hybridized carbons (Fsp3) is 0.857. The summed E-state index contributed by atoms with van der Waals surface area (Å²) < 4.78 is 4.68. The van der Waals surface area contributed by atoms with Crippen LogP contribution in [0.1, 0.15) is 20.3 Å². The summed E-state index contributed by atoms with van der Waals surface area (Å²) in [6.07, 6.45) is 0.881. The molecular formula is C7H14NO2. The lowest BCUT2D eigenvalue weighted by atomic mass is 10.1.